The zero-order valence-electron chi connectivity index (χ0n) is 11.3. The van der Waals surface area contributed by atoms with Gasteiger partial charge in [-0.1, -0.05) is 19.3 Å². The molecular weight excluding hydrogens is 228 g/mol. The van der Waals surface area contributed by atoms with Gasteiger partial charge in [0.2, 0.25) is 0 Å². The summed E-state index contributed by atoms with van der Waals surface area (Å²) in [6.07, 6.45) is 12.0. The number of esters is 1. The van der Waals surface area contributed by atoms with Crippen LogP contribution in [0.25, 0.3) is 0 Å². The largest absolute Gasteiger partial charge is 0.497 e. The van der Waals surface area contributed by atoms with Gasteiger partial charge in [0.1, 0.15) is 11.4 Å². The monoisotopic (exact) mass is 250 g/mol. The first kappa shape index (κ1) is 13.2. The fraction of sp³-hybridized carbons (Fsp3) is 0.667. The van der Waals surface area contributed by atoms with Crippen LogP contribution < -0.4 is 0 Å². The molecule has 0 aromatic carbocycles. The topological polar surface area (TPSA) is 35.5 Å². The summed E-state index contributed by atoms with van der Waals surface area (Å²) in [4.78, 5) is 12.1. The number of hydrogen-bond acceptors (Lipinski definition) is 3. The molecule has 0 spiro atoms. The molecule has 0 radical (unpaired) electrons. The second-order valence-electron chi connectivity index (χ2n) is 5.42. The maximum absolute atomic E-state index is 12.1. The number of allylic oxidation sites excluding steroid dienone is 1. The molecule has 2 rings (SSSR count). The lowest BCUT2D eigenvalue weighted by molar-refractivity contribution is -0.160. The quantitative estimate of drug-likeness (QED) is 0.720. The Hall–Kier alpha value is -1.25. The number of rotatable bonds is 3. The minimum absolute atomic E-state index is 0.0314. The molecule has 0 aliphatic heterocycles. The smallest absolute Gasteiger partial charge is 0.309 e. The van der Waals surface area contributed by atoms with Crippen molar-refractivity contribution in [3.63, 3.8) is 0 Å². The standard InChI is InChI=1S/C15H22O3/c1-15(10-8-13(17-2)9-11-15)18-14(16)12-6-4-3-5-7-12/h8-10,12H,3-7,11H2,1-2H3. The van der Waals surface area contributed by atoms with Crippen molar-refractivity contribution < 1.29 is 14.3 Å². The van der Waals surface area contributed by atoms with E-state index in [2.05, 4.69) is 0 Å². The van der Waals surface area contributed by atoms with Crippen LogP contribution in [0.2, 0.25) is 0 Å². The molecule has 18 heavy (non-hydrogen) atoms. The van der Waals surface area contributed by atoms with Gasteiger partial charge in [0.05, 0.1) is 13.0 Å². The Bertz CT molecular complexity index is 364. The number of methoxy groups -OCH3 is 1. The third-order valence-electron chi connectivity index (χ3n) is 3.82. The van der Waals surface area contributed by atoms with Gasteiger partial charge in [-0.2, -0.15) is 0 Å². The lowest BCUT2D eigenvalue weighted by Gasteiger charge is -2.30. The predicted molar refractivity (Wildman–Crippen MR) is 69.9 cm³/mol. The molecule has 3 heteroatoms. The first-order chi connectivity index (χ1) is 8.63. The number of carbonyl (C=O) groups is 1. The van der Waals surface area contributed by atoms with Crippen LogP contribution in [0.4, 0.5) is 0 Å². The summed E-state index contributed by atoms with van der Waals surface area (Å²) in [6, 6.07) is 0. The van der Waals surface area contributed by atoms with E-state index in [0.29, 0.717) is 6.42 Å². The van der Waals surface area contributed by atoms with Crippen LogP contribution in [0.15, 0.2) is 24.0 Å². The summed E-state index contributed by atoms with van der Waals surface area (Å²) < 4.78 is 10.8. The second-order valence-corrected chi connectivity index (χ2v) is 5.42. The summed E-state index contributed by atoms with van der Waals surface area (Å²) in [5, 5.41) is 0. The van der Waals surface area contributed by atoms with Gasteiger partial charge in [-0.05, 0) is 38.0 Å². The van der Waals surface area contributed by atoms with Gasteiger partial charge < -0.3 is 9.47 Å². The van der Waals surface area contributed by atoms with Crippen LogP contribution in [0.3, 0.4) is 0 Å². The van der Waals surface area contributed by atoms with E-state index >= 15 is 0 Å². The minimum atomic E-state index is -0.503. The van der Waals surface area contributed by atoms with Crippen molar-refractivity contribution in [2.24, 2.45) is 5.92 Å². The minimum Gasteiger partial charge on any atom is -0.497 e. The normalized spacial score (nSPS) is 28.7. The predicted octanol–water partition coefficient (Wildman–Crippen LogP) is 3.36. The molecule has 2 aliphatic carbocycles. The summed E-state index contributed by atoms with van der Waals surface area (Å²) in [6.45, 7) is 1.95. The maximum atomic E-state index is 12.1. The Kier molecular flexibility index (Phi) is 4.10. The molecule has 0 N–H and O–H groups in total. The Morgan fingerprint density at radius 2 is 2.06 bits per heavy atom. The van der Waals surface area contributed by atoms with E-state index in [1.54, 1.807) is 7.11 Å². The van der Waals surface area contributed by atoms with Gasteiger partial charge in [-0.3, -0.25) is 4.79 Å². The molecule has 0 bridgehead atoms. The molecule has 1 unspecified atom stereocenters. The van der Waals surface area contributed by atoms with Crippen molar-refractivity contribution in [2.75, 3.05) is 7.11 Å². The third-order valence-corrected chi connectivity index (χ3v) is 3.82. The van der Waals surface area contributed by atoms with Gasteiger partial charge in [-0.25, -0.2) is 0 Å². The zero-order valence-corrected chi connectivity index (χ0v) is 11.3. The molecule has 3 nitrogen and oxygen atoms in total. The highest BCUT2D eigenvalue weighted by Crippen LogP contribution is 2.30. The fourth-order valence-corrected chi connectivity index (χ4v) is 2.58. The van der Waals surface area contributed by atoms with Crippen molar-refractivity contribution in [3.05, 3.63) is 24.0 Å². The van der Waals surface area contributed by atoms with Gasteiger partial charge >= 0.3 is 5.97 Å². The highest BCUT2D eigenvalue weighted by atomic mass is 16.6. The third kappa shape index (κ3) is 3.15. The van der Waals surface area contributed by atoms with Crippen molar-refractivity contribution in [3.8, 4) is 0 Å². The Labute approximate surface area is 109 Å². The highest BCUT2D eigenvalue weighted by Gasteiger charge is 2.31. The Balaban J connectivity index is 1.91. The molecule has 0 aromatic heterocycles. The van der Waals surface area contributed by atoms with E-state index in [1.807, 2.05) is 25.2 Å². The van der Waals surface area contributed by atoms with Crippen molar-refractivity contribution >= 4 is 5.97 Å². The van der Waals surface area contributed by atoms with Crippen molar-refractivity contribution in [1.82, 2.24) is 0 Å². The van der Waals surface area contributed by atoms with Crippen molar-refractivity contribution in [1.29, 1.82) is 0 Å². The highest BCUT2D eigenvalue weighted by molar-refractivity contribution is 5.73. The molecule has 100 valence electrons. The van der Waals surface area contributed by atoms with Crippen LogP contribution in [-0.4, -0.2) is 18.7 Å². The maximum Gasteiger partial charge on any atom is 0.309 e. The van der Waals surface area contributed by atoms with Gasteiger partial charge in [0.15, 0.2) is 0 Å². The average Bonchev–Trinajstić information content (AvgIpc) is 2.40. The first-order valence-corrected chi connectivity index (χ1v) is 6.79. The molecular formula is C15H22O3. The number of ether oxygens (including phenoxy) is 2. The molecule has 0 amide bonds. The second kappa shape index (κ2) is 5.59. The molecule has 0 heterocycles. The molecule has 1 fully saturated rings. The summed E-state index contributed by atoms with van der Waals surface area (Å²) in [5.74, 6) is 0.911. The fourth-order valence-electron chi connectivity index (χ4n) is 2.58. The van der Waals surface area contributed by atoms with E-state index in [1.165, 1.54) is 6.42 Å². The molecule has 2 aliphatic rings. The van der Waals surface area contributed by atoms with E-state index in [0.717, 1.165) is 31.4 Å². The summed E-state index contributed by atoms with van der Waals surface area (Å²) in [5.41, 5.74) is -0.503. The Morgan fingerprint density at radius 3 is 2.61 bits per heavy atom. The molecule has 0 saturated heterocycles. The van der Waals surface area contributed by atoms with Crippen LogP contribution in [-0.2, 0) is 14.3 Å². The van der Waals surface area contributed by atoms with Crippen molar-refractivity contribution in [2.45, 2.75) is 51.0 Å². The van der Waals surface area contributed by atoms with Gasteiger partial charge in [-0.15, -0.1) is 0 Å². The van der Waals surface area contributed by atoms with E-state index in [-0.39, 0.29) is 11.9 Å². The first-order valence-electron chi connectivity index (χ1n) is 6.79. The van der Waals surface area contributed by atoms with E-state index in [4.69, 9.17) is 9.47 Å². The lowest BCUT2D eigenvalue weighted by atomic mass is 9.89. The average molecular weight is 250 g/mol. The van der Waals surface area contributed by atoms with Crippen LogP contribution in [0.1, 0.15) is 45.4 Å². The van der Waals surface area contributed by atoms with Gasteiger partial charge in [0, 0.05) is 6.42 Å². The lowest BCUT2D eigenvalue weighted by Crippen LogP contribution is -2.34. The van der Waals surface area contributed by atoms with Gasteiger partial charge in [0.25, 0.3) is 0 Å². The molecule has 0 aromatic rings. The zero-order chi connectivity index (χ0) is 13.0. The number of hydrogen-bond donors (Lipinski definition) is 0. The number of carbonyl (C=O) groups excluding carboxylic acids is 1. The van der Waals surface area contributed by atoms with Crippen LogP contribution >= 0.6 is 0 Å². The SMILES string of the molecule is COC1=CCC(C)(OC(=O)C2CCCCC2)C=C1. The van der Waals surface area contributed by atoms with E-state index < -0.39 is 5.60 Å². The van der Waals surface area contributed by atoms with Crippen LogP contribution in [0, 0.1) is 5.92 Å². The van der Waals surface area contributed by atoms with E-state index in [9.17, 15) is 4.79 Å². The Morgan fingerprint density at radius 1 is 1.33 bits per heavy atom. The molecule has 1 atom stereocenters. The summed E-state index contributed by atoms with van der Waals surface area (Å²) >= 11 is 0. The molecule has 1 saturated carbocycles. The summed E-state index contributed by atoms with van der Waals surface area (Å²) in [7, 11) is 1.65. The van der Waals surface area contributed by atoms with Crippen LogP contribution in [0.5, 0.6) is 0 Å².